The Morgan fingerprint density at radius 1 is 1.52 bits per heavy atom. The van der Waals surface area contributed by atoms with E-state index in [0.29, 0.717) is 13.1 Å². The third kappa shape index (κ3) is 4.13. The second-order valence-corrected chi connectivity index (χ2v) is 7.14. The molecular weight excluding hydrogens is 321 g/mol. The third-order valence-corrected chi connectivity index (χ3v) is 4.69. The number of piperazine rings is 1. The molecule has 1 aromatic rings. The maximum atomic E-state index is 13.3. The molecule has 0 saturated carbocycles. The van der Waals surface area contributed by atoms with E-state index in [2.05, 4.69) is 10.6 Å². The Morgan fingerprint density at radius 3 is 2.86 bits per heavy atom. The maximum Gasteiger partial charge on any atom is 0.242 e. The minimum atomic E-state index is -3.34. The lowest BCUT2D eigenvalue weighted by molar-refractivity contribution is -0.118. The fourth-order valence-electron chi connectivity index (χ4n) is 2.00. The standard InChI is InChI=1S/C12H15ClFN3O3S/c1-21(19,20)17-5-4-15-11(7-17)12(18)16-8-2-3-9(13)10(14)6-8/h2-3,6,11,15H,4-5,7H2,1H3,(H,16,18). The molecule has 2 rings (SSSR count). The zero-order valence-electron chi connectivity index (χ0n) is 11.3. The van der Waals surface area contributed by atoms with Gasteiger partial charge in [0.25, 0.3) is 0 Å². The van der Waals surface area contributed by atoms with Crippen LogP contribution in [-0.2, 0) is 14.8 Å². The Bertz CT molecular complexity index is 653. The zero-order chi connectivity index (χ0) is 15.6. The molecule has 1 heterocycles. The number of benzene rings is 1. The van der Waals surface area contributed by atoms with Crippen LogP contribution in [0.2, 0.25) is 5.02 Å². The molecule has 6 nitrogen and oxygen atoms in total. The Kier molecular flexibility index (Phi) is 4.82. The first-order valence-electron chi connectivity index (χ1n) is 6.22. The first kappa shape index (κ1) is 16.2. The molecule has 1 aliphatic rings. The largest absolute Gasteiger partial charge is 0.325 e. The van der Waals surface area contributed by atoms with Gasteiger partial charge in [0.15, 0.2) is 0 Å². The second kappa shape index (κ2) is 6.27. The van der Waals surface area contributed by atoms with Crippen molar-refractivity contribution >= 4 is 33.2 Å². The van der Waals surface area contributed by atoms with Crippen molar-refractivity contribution in [3.8, 4) is 0 Å². The fourth-order valence-corrected chi connectivity index (χ4v) is 2.96. The average Bonchev–Trinajstić information content (AvgIpc) is 2.42. The summed E-state index contributed by atoms with van der Waals surface area (Å²) in [7, 11) is -3.34. The molecular formula is C12H15ClFN3O3S. The van der Waals surface area contributed by atoms with E-state index in [0.717, 1.165) is 12.3 Å². The van der Waals surface area contributed by atoms with Gasteiger partial charge in [-0.25, -0.2) is 12.8 Å². The number of amides is 1. The van der Waals surface area contributed by atoms with Crippen molar-refractivity contribution in [2.75, 3.05) is 31.2 Å². The lowest BCUT2D eigenvalue weighted by atomic mass is 10.2. The van der Waals surface area contributed by atoms with Gasteiger partial charge in [-0.1, -0.05) is 11.6 Å². The van der Waals surface area contributed by atoms with Crippen molar-refractivity contribution in [1.82, 2.24) is 9.62 Å². The number of carbonyl (C=O) groups is 1. The molecule has 1 amide bonds. The van der Waals surface area contributed by atoms with E-state index in [1.807, 2.05) is 0 Å². The molecule has 1 fully saturated rings. The number of nitrogens with one attached hydrogen (secondary N) is 2. The van der Waals surface area contributed by atoms with Gasteiger partial charge in [0.05, 0.1) is 11.3 Å². The summed E-state index contributed by atoms with van der Waals surface area (Å²) in [4.78, 5) is 12.1. The van der Waals surface area contributed by atoms with Crippen LogP contribution in [0.5, 0.6) is 0 Å². The van der Waals surface area contributed by atoms with E-state index < -0.39 is 27.8 Å². The van der Waals surface area contributed by atoms with E-state index in [1.165, 1.54) is 16.4 Å². The summed E-state index contributed by atoms with van der Waals surface area (Å²) in [6.45, 7) is 0.735. The second-order valence-electron chi connectivity index (χ2n) is 4.75. The zero-order valence-corrected chi connectivity index (χ0v) is 12.8. The molecule has 21 heavy (non-hydrogen) atoms. The number of anilines is 1. The van der Waals surface area contributed by atoms with E-state index in [-0.39, 0.29) is 17.3 Å². The molecule has 0 bridgehead atoms. The third-order valence-electron chi connectivity index (χ3n) is 3.11. The lowest BCUT2D eigenvalue weighted by Crippen LogP contribution is -2.56. The van der Waals surface area contributed by atoms with E-state index in [4.69, 9.17) is 11.6 Å². The van der Waals surface area contributed by atoms with Crippen LogP contribution in [0, 0.1) is 5.82 Å². The van der Waals surface area contributed by atoms with E-state index >= 15 is 0 Å². The molecule has 1 aromatic carbocycles. The van der Waals surface area contributed by atoms with Gasteiger partial charge >= 0.3 is 0 Å². The van der Waals surface area contributed by atoms with Gasteiger partial charge in [0, 0.05) is 25.3 Å². The summed E-state index contributed by atoms with van der Waals surface area (Å²) < 4.78 is 37.5. The molecule has 1 atom stereocenters. The first-order chi connectivity index (χ1) is 9.77. The van der Waals surface area contributed by atoms with Crippen LogP contribution in [0.1, 0.15) is 0 Å². The van der Waals surface area contributed by atoms with Crippen LogP contribution in [0.4, 0.5) is 10.1 Å². The highest BCUT2D eigenvalue weighted by molar-refractivity contribution is 7.88. The highest BCUT2D eigenvalue weighted by Gasteiger charge is 2.29. The first-order valence-corrected chi connectivity index (χ1v) is 8.44. The van der Waals surface area contributed by atoms with E-state index in [9.17, 15) is 17.6 Å². The lowest BCUT2D eigenvalue weighted by Gasteiger charge is -2.31. The number of nitrogens with zero attached hydrogens (tertiary/aromatic N) is 1. The number of rotatable bonds is 3. The Labute approximate surface area is 127 Å². The molecule has 0 radical (unpaired) electrons. The summed E-state index contributed by atoms with van der Waals surface area (Å²) in [6, 6.07) is 3.23. The van der Waals surface area contributed by atoms with Crippen LogP contribution in [0.3, 0.4) is 0 Å². The smallest absolute Gasteiger partial charge is 0.242 e. The van der Waals surface area contributed by atoms with Gasteiger partial charge in [-0.3, -0.25) is 4.79 Å². The summed E-state index contributed by atoms with van der Waals surface area (Å²) >= 11 is 5.56. The van der Waals surface area contributed by atoms with Crippen LogP contribution in [-0.4, -0.2) is 50.6 Å². The van der Waals surface area contributed by atoms with Crippen molar-refractivity contribution in [2.45, 2.75) is 6.04 Å². The monoisotopic (exact) mass is 335 g/mol. The van der Waals surface area contributed by atoms with Crippen LogP contribution in [0.25, 0.3) is 0 Å². The van der Waals surface area contributed by atoms with E-state index in [1.54, 1.807) is 0 Å². The van der Waals surface area contributed by atoms with Crippen LogP contribution >= 0.6 is 11.6 Å². The predicted octanol–water partition coefficient (Wildman–Crippen LogP) is 0.651. The van der Waals surface area contributed by atoms with Gasteiger partial charge in [-0.15, -0.1) is 0 Å². The van der Waals surface area contributed by atoms with Gasteiger partial charge in [0.2, 0.25) is 15.9 Å². The molecule has 9 heteroatoms. The SMILES string of the molecule is CS(=O)(=O)N1CCNC(C(=O)Nc2ccc(Cl)c(F)c2)C1. The quantitative estimate of drug-likeness (QED) is 0.850. The van der Waals surface area contributed by atoms with Gasteiger partial charge in [-0.05, 0) is 18.2 Å². The summed E-state index contributed by atoms with van der Waals surface area (Å²) in [5.41, 5.74) is 0.264. The highest BCUT2D eigenvalue weighted by atomic mass is 35.5. The van der Waals surface area contributed by atoms with Gasteiger partial charge in [0.1, 0.15) is 11.9 Å². The van der Waals surface area contributed by atoms with Gasteiger partial charge < -0.3 is 10.6 Å². The topological polar surface area (TPSA) is 78.5 Å². The maximum absolute atomic E-state index is 13.3. The highest BCUT2D eigenvalue weighted by Crippen LogP contribution is 2.19. The van der Waals surface area contributed by atoms with Gasteiger partial charge in [-0.2, -0.15) is 4.31 Å². The minimum absolute atomic E-state index is 0.0351. The van der Waals surface area contributed by atoms with Crippen molar-refractivity contribution < 1.29 is 17.6 Å². The number of halogens is 2. The Hall–Kier alpha value is -1.22. The Morgan fingerprint density at radius 2 is 2.24 bits per heavy atom. The number of hydrogen-bond donors (Lipinski definition) is 2. The molecule has 0 aromatic heterocycles. The number of sulfonamides is 1. The molecule has 1 aliphatic heterocycles. The average molecular weight is 336 g/mol. The summed E-state index contributed by atoms with van der Waals surface area (Å²) in [6.07, 6.45) is 1.10. The molecule has 2 N–H and O–H groups in total. The van der Waals surface area contributed by atoms with Crippen molar-refractivity contribution in [3.63, 3.8) is 0 Å². The van der Waals surface area contributed by atoms with Crippen molar-refractivity contribution in [2.24, 2.45) is 0 Å². The molecule has 1 saturated heterocycles. The normalized spacial score (nSPS) is 20.2. The summed E-state index contributed by atoms with van der Waals surface area (Å²) in [5, 5.41) is 5.42. The number of hydrogen-bond acceptors (Lipinski definition) is 4. The molecule has 0 spiro atoms. The number of carbonyl (C=O) groups excluding carboxylic acids is 1. The molecule has 0 aliphatic carbocycles. The fraction of sp³-hybridized carbons (Fsp3) is 0.417. The predicted molar refractivity (Wildman–Crippen MR) is 78.2 cm³/mol. The van der Waals surface area contributed by atoms with Crippen LogP contribution in [0.15, 0.2) is 18.2 Å². The van der Waals surface area contributed by atoms with Crippen molar-refractivity contribution in [1.29, 1.82) is 0 Å². The van der Waals surface area contributed by atoms with Crippen LogP contribution < -0.4 is 10.6 Å². The Balaban J connectivity index is 2.04. The summed E-state index contributed by atoms with van der Waals surface area (Å²) in [5.74, 6) is -1.06. The molecule has 116 valence electrons. The molecule has 1 unspecified atom stereocenters. The minimum Gasteiger partial charge on any atom is -0.325 e. The van der Waals surface area contributed by atoms with Crippen molar-refractivity contribution in [3.05, 3.63) is 29.0 Å².